The minimum absolute atomic E-state index is 0.313. The van der Waals surface area contributed by atoms with Gasteiger partial charge in [0.1, 0.15) is 11.6 Å². The normalized spacial score (nSPS) is 12.0. The van der Waals surface area contributed by atoms with Gasteiger partial charge >= 0.3 is 0 Å². The van der Waals surface area contributed by atoms with Crippen molar-refractivity contribution in [2.45, 2.75) is 23.9 Å². The first kappa shape index (κ1) is 21.7. The summed E-state index contributed by atoms with van der Waals surface area (Å²) in [5.41, 5.74) is 1.87. The number of benzene rings is 3. The Hall–Kier alpha value is -2.54. The zero-order chi connectivity index (χ0) is 21.8. The number of para-hydroxylation sites is 1. The van der Waals surface area contributed by atoms with Crippen molar-refractivity contribution in [3.63, 3.8) is 0 Å². The number of hydrogen-bond acceptors (Lipinski definition) is 4. The molecule has 4 nitrogen and oxygen atoms in total. The van der Waals surface area contributed by atoms with E-state index in [1.165, 1.54) is 23.9 Å². The van der Waals surface area contributed by atoms with Crippen LogP contribution >= 0.6 is 35.0 Å². The summed E-state index contributed by atoms with van der Waals surface area (Å²) >= 11 is 13.8. The van der Waals surface area contributed by atoms with Crippen molar-refractivity contribution in [1.29, 1.82) is 0 Å². The SMILES string of the molecule is CC(Oc1ccc(F)cc1)c1nnc(SCc2ccc(Cl)cc2Cl)n1-c1ccccc1. The molecule has 1 unspecified atom stereocenters. The lowest BCUT2D eigenvalue weighted by Gasteiger charge is -2.16. The number of halogens is 3. The summed E-state index contributed by atoms with van der Waals surface area (Å²) in [5.74, 6) is 1.49. The number of aromatic nitrogens is 3. The lowest BCUT2D eigenvalue weighted by Crippen LogP contribution is -2.11. The lowest BCUT2D eigenvalue weighted by molar-refractivity contribution is 0.213. The van der Waals surface area contributed by atoms with Crippen LogP contribution in [-0.4, -0.2) is 14.8 Å². The van der Waals surface area contributed by atoms with Gasteiger partial charge in [-0.1, -0.05) is 59.2 Å². The van der Waals surface area contributed by atoms with E-state index in [1.807, 2.05) is 54.0 Å². The van der Waals surface area contributed by atoms with Crippen LogP contribution in [0.4, 0.5) is 4.39 Å². The molecule has 0 aliphatic carbocycles. The van der Waals surface area contributed by atoms with Gasteiger partial charge in [-0.15, -0.1) is 10.2 Å². The van der Waals surface area contributed by atoms with Gasteiger partial charge in [0.2, 0.25) is 0 Å². The van der Waals surface area contributed by atoms with E-state index in [4.69, 9.17) is 27.9 Å². The van der Waals surface area contributed by atoms with Crippen LogP contribution in [0.1, 0.15) is 24.4 Å². The first-order valence-corrected chi connectivity index (χ1v) is 11.2. The van der Waals surface area contributed by atoms with Crippen LogP contribution in [-0.2, 0) is 5.75 Å². The molecular formula is C23H18Cl2FN3OS. The first-order chi connectivity index (χ1) is 15.0. The third-order valence-corrected chi connectivity index (χ3v) is 6.10. The first-order valence-electron chi connectivity index (χ1n) is 9.51. The molecule has 0 radical (unpaired) electrons. The highest BCUT2D eigenvalue weighted by molar-refractivity contribution is 7.98. The fraction of sp³-hybridized carbons (Fsp3) is 0.130. The monoisotopic (exact) mass is 473 g/mol. The predicted molar refractivity (Wildman–Crippen MR) is 123 cm³/mol. The highest BCUT2D eigenvalue weighted by Gasteiger charge is 2.21. The Morgan fingerprint density at radius 1 is 1.00 bits per heavy atom. The van der Waals surface area contributed by atoms with E-state index < -0.39 is 6.10 Å². The largest absolute Gasteiger partial charge is 0.483 e. The Morgan fingerprint density at radius 2 is 1.74 bits per heavy atom. The van der Waals surface area contributed by atoms with Crippen molar-refractivity contribution in [3.8, 4) is 11.4 Å². The van der Waals surface area contributed by atoms with Gasteiger partial charge in [0, 0.05) is 21.5 Å². The topological polar surface area (TPSA) is 39.9 Å². The van der Waals surface area contributed by atoms with Crippen molar-refractivity contribution in [2.75, 3.05) is 0 Å². The lowest BCUT2D eigenvalue weighted by atomic mass is 10.2. The average molecular weight is 474 g/mol. The Bertz CT molecular complexity index is 1170. The van der Waals surface area contributed by atoms with Crippen LogP contribution in [0.15, 0.2) is 78.0 Å². The van der Waals surface area contributed by atoms with Crippen LogP contribution in [0.2, 0.25) is 10.0 Å². The summed E-state index contributed by atoms with van der Waals surface area (Å²) < 4.78 is 21.2. The summed E-state index contributed by atoms with van der Waals surface area (Å²) in [6.45, 7) is 1.89. The molecule has 0 aliphatic heterocycles. The Morgan fingerprint density at radius 3 is 2.45 bits per heavy atom. The number of hydrogen-bond donors (Lipinski definition) is 0. The molecule has 0 aliphatic rings. The maximum Gasteiger partial charge on any atom is 0.196 e. The molecule has 3 aromatic carbocycles. The van der Waals surface area contributed by atoms with Gasteiger partial charge in [0.05, 0.1) is 0 Å². The molecule has 0 fully saturated rings. The van der Waals surface area contributed by atoms with Gasteiger partial charge in [-0.25, -0.2) is 4.39 Å². The molecule has 4 aromatic rings. The number of rotatable bonds is 7. The third-order valence-electron chi connectivity index (χ3n) is 4.53. The second-order valence-electron chi connectivity index (χ2n) is 6.75. The van der Waals surface area contributed by atoms with E-state index in [-0.39, 0.29) is 5.82 Å². The van der Waals surface area contributed by atoms with Gasteiger partial charge in [0.25, 0.3) is 0 Å². The molecule has 1 heterocycles. The zero-order valence-corrected chi connectivity index (χ0v) is 18.8. The van der Waals surface area contributed by atoms with Crippen molar-refractivity contribution >= 4 is 35.0 Å². The van der Waals surface area contributed by atoms with Gasteiger partial charge in [-0.05, 0) is 61.0 Å². The average Bonchev–Trinajstić information content (AvgIpc) is 3.19. The highest BCUT2D eigenvalue weighted by atomic mass is 35.5. The van der Waals surface area contributed by atoms with E-state index in [9.17, 15) is 4.39 Å². The quantitative estimate of drug-likeness (QED) is 0.267. The van der Waals surface area contributed by atoms with E-state index >= 15 is 0 Å². The smallest absolute Gasteiger partial charge is 0.196 e. The van der Waals surface area contributed by atoms with Gasteiger partial charge < -0.3 is 4.74 Å². The molecule has 158 valence electrons. The molecule has 4 rings (SSSR count). The predicted octanol–water partition coefficient (Wildman–Crippen LogP) is 7.15. The maximum atomic E-state index is 13.2. The molecule has 31 heavy (non-hydrogen) atoms. The molecule has 0 amide bonds. The van der Waals surface area contributed by atoms with Crippen molar-refractivity contribution in [3.05, 3.63) is 100 Å². The van der Waals surface area contributed by atoms with Crippen molar-refractivity contribution in [1.82, 2.24) is 14.8 Å². The second-order valence-corrected chi connectivity index (χ2v) is 8.54. The van der Waals surface area contributed by atoms with E-state index in [1.54, 1.807) is 18.2 Å². The molecule has 0 bridgehead atoms. The highest BCUT2D eigenvalue weighted by Crippen LogP contribution is 2.31. The van der Waals surface area contributed by atoms with Gasteiger partial charge in [-0.2, -0.15) is 0 Å². The van der Waals surface area contributed by atoms with Gasteiger partial charge in [0.15, 0.2) is 17.1 Å². The summed E-state index contributed by atoms with van der Waals surface area (Å²) in [7, 11) is 0. The standard InChI is InChI=1S/C23H18Cl2FN3OS/c1-15(30-20-11-9-18(26)10-12-20)22-27-28-23(29(22)19-5-3-2-4-6-19)31-14-16-7-8-17(24)13-21(16)25/h2-13,15H,14H2,1H3. The molecule has 0 saturated carbocycles. The van der Waals surface area contributed by atoms with Crippen LogP contribution in [0, 0.1) is 5.82 Å². The molecule has 0 N–H and O–H groups in total. The molecule has 1 aromatic heterocycles. The molecular weight excluding hydrogens is 456 g/mol. The maximum absolute atomic E-state index is 13.2. The molecule has 1 atom stereocenters. The molecule has 0 spiro atoms. The van der Waals surface area contributed by atoms with Crippen molar-refractivity contribution in [2.24, 2.45) is 0 Å². The Balaban J connectivity index is 1.63. The summed E-state index contributed by atoms with van der Waals surface area (Å²) in [6.07, 6.45) is -0.411. The van der Waals surface area contributed by atoms with E-state index in [0.29, 0.717) is 32.5 Å². The minimum atomic E-state index is -0.411. The summed E-state index contributed by atoms with van der Waals surface area (Å²) in [6, 6.07) is 21.2. The second kappa shape index (κ2) is 9.73. The summed E-state index contributed by atoms with van der Waals surface area (Å²) in [4.78, 5) is 0. The van der Waals surface area contributed by atoms with E-state index in [0.717, 1.165) is 11.3 Å². The molecule has 8 heteroatoms. The molecule has 0 saturated heterocycles. The minimum Gasteiger partial charge on any atom is -0.483 e. The fourth-order valence-corrected chi connectivity index (χ4v) is 4.53. The number of nitrogens with zero attached hydrogens (tertiary/aromatic N) is 3. The van der Waals surface area contributed by atoms with Crippen LogP contribution in [0.5, 0.6) is 5.75 Å². The zero-order valence-electron chi connectivity index (χ0n) is 16.5. The van der Waals surface area contributed by atoms with Crippen LogP contribution in [0.25, 0.3) is 5.69 Å². The van der Waals surface area contributed by atoms with Crippen LogP contribution in [0.3, 0.4) is 0 Å². The summed E-state index contributed by atoms with van der Waals surface area (Å²) in [5, 5.41) is 10.7. The number of ether oxygens (including phenoxy) is 1. The Labute approximate surface area is 194 Å². The van der Waals surface area contributed by atoms with Crippen molar-refractivity contribution < 1.29 is 9.13 Å². The number of thioether (sulfide) groups is 1. The van der Waals surface area contributed by atoms with Crippen LogP contribution < -0.4 is 4.74 Å². The Kier molecular flexibility index (Phi) is 6.80. The fourth-order valence-electron chi connectivity index (χ4n) is 3.01. The third kappa shape index (κ3) is 5.21. The van der Waals surface area contributed by atoms with E-state index in [2.05, 4.69) is 10.2 Å². The van der Waals surface area contributed by atoms with Gasteiger partial charge in [-0.3, -0.25) is 4.57 Å².